The van der Waals surface area contributed by atoms with Gasteiger partial charge in [-0.25, -0.2) is 14.4 Å². The lowest BCUT2D eigenvalue weighted by molar-refractivity contribution is 0.102. The molecule has 138 valence electrons. The number of anilines is 2. The summed E-state index contributed by atoms with van der Waals surface area (Å²) in [7, 11) is 0. The van der Waals surface area contributed by atoms with E-state index in [9.17, 15) is 9.18 Å². The van der Waals surface area contributed by atoms with Crippen LogP contribution in [0.4, 0.5) is 15.9 Å². The van der Waals surface area contributed by atoms with E-state index in [0.29, 0.717) is 18.2 Å². The highest BCUT2D eigenvalue weighted by Crippen LogP contribution is 2.18. The van der Waals surface area contributed by atoms with Gasteiger partial charge in [0.15, 0.2) is 0 Å². The van der Waals surface area contributed by atoms with Crippen molar-refractivity contribution in [3.8, 4) is 0 Å². The van der Waals surface area contributed by atoms with E-state index in [4.69, 9.17) is 0 Å². The minimum absolute atomic E-state index is 0.122. The van der Waals surface area contributed by atoms with Gasteiger partial charge in [0.05, 0.1) is 5.69 Å². The number of carbonyl (C=O) groups is 1. The number of nitrogens with zero attached hydrogens (tertiary/aromatic N) is 3. The predicted molar refractivity (Wildman–Crippen MR) is 104 cm³/mol. The summed E-state index contributed by atoms with van der Waals surface area (Å²) < 4.78 is 13.8. The van der Waals surface area contributed by atoms with E-state index in [1.807, 2.05) is 37.3 Å². The van der Waals surface area contributed by atoms with Crippen molar-refractivity contribution < 1.29 is 9.18 Å². The molecule has 0 radical (unpaired) electrons. The summed E-state index contributed by atoms with van der Waals surface area (Å²) >= 11 is 0. The molecule has 0 spiro atoms. The summed E-state index contributed by atoms with van der Waals surface area (Å²) in [6.45, 7) is 5.15. The number of hydrogen-bond acceptors (Lipinski definition) is 4. The van der Waals surface area contributed by atoms with Crippen LogP contribution >= 0.6 is 0 Å². The van der Waals surface area contributed by atoms with E-state index in [1.165, 1.54) is 12.1 Å². The van der Waals surface area contributed by atoms with Crippen molar-refractivity contribution >= 4 is 17.4 Å². The van der Waals surface area contributed by atoms with E-state index < -0.39 is 11.7 Å². The van der Waals surface area contributed by atoms with Gasteiger partial charge in [-0.05, 0) is 31.5 Å². The van der Waals surface area contributed by atoms with Gasteiger partial charge in [0.2, 0.25) is 0 Å². The lowest BCUT2D eigenvalue weighted by Crippen LogP contribution is -2.25. The molecule has 3 rings (SSSR count). The van der Waals surface area contributed by atoms with Crippen LogP contribution in [0.3, 0.4) is 0 Å². The molecule has 0 unspecified atom stereocenters. The minimum atomic E-state index is -0.490. The summed E-state index contributed by atoms with van der Waals surface area (Å²) in [4.78, 5) is 23.3. The fourth-order valence-electron chi connectivity index (χ4n) is 2.74. The summed E-state index contributed by atoms with van der Waals surface area (Å²) in [5, 5.41) is 2.56. The number of aryl methyl sites for hydroxylation is 1. The molecule has 6 heteroatoms. The van der Waals surface area contributed by atoms with E-state index in [-0.39, 0.29) is 11.4 Å². The fraction of sp³-hybridized carbons (Fsp3) is 0.190. The molecular weight excluding hydrogens is 343 g/mol. The molecule has 0 saturated heterocycles. The maximum Gasteiger partial charge on any atom is 0.274 e. The highest BCUT2D eigenvalue weighted by molar-refractivity contribution is 6.03. The number of halogens is 1. The topological polar surface area (TPSA) is 58.1 Å². The first-order valence-corrected chi connectivity index (χ1v) is 8.77. The molecule has 0 saturated carbocycles. The van der Waals surface area contributed by atoms with Gasteiger partial charge in [-0.15, -0.1) is 0 Å². The summed E-state index contributed by atoms with van der Waals surface area (Å²) in [5.74, 6) is 0.184. The van der Waals surface area contributed by atoms with E-state index in [1.54, 1.807) is 25.1 Å². The van der Waals surface area contributed by atoms with Crippen molar-refractivity contribution in [2.24, 2.45) is 0 Å². The number of aromatic nitrogens is 2. The summed E-state index contributed by atoms with van der Waals surface area (Å²) in [6, 6.07) is 17.7. The molecule has 1 N–H and O–H groups in total. The van der Waals surface area contributed by atoms with E-state index in [0.717, 1.165) is 12.1 Å². The van der Waals surface area contributed by atoms with Crippen LogP contribution < -0.4 is 10.2 Å². The molecule has 5 nitrogen and oxygen atoms in total. The lowest BCUT2D eigenvalue weighted by atomic mass is 10.2. The van der Waals surface area contributed by atoms with Crippen molar-refractivity contribution in [1.82, 2.24) is 9.97 Å². The third-order valence-corrected chi connectivity index (χ3v) is 4.10. The zero-order chi connectivity index (χ0) is 19.2. The van der Waals surface area contributed by atoms with Crippen LogP contribution in [-0.4, -0.2) is 22.4 Å². The van der Waals surface area contributed by atoms with E-state index in [2.05, 4.69) is 20.2 Å². The van der Waals surface area contributed by atoms with Crippen LogP contribution in [0.15, 0.2) is 60.7 Å². The SMILES string of the molecule is CCN(Cc1ccccc1)c1cc(C(=O)Nc2ccccc2F)nc(C)n1. The highest BCUT2D eigenvalue weighted by atomic mass is 19.1. The molecule has 0 bridgehead atoms. The Labute approximate surface area is 157 Å². The molecule has 1 aromatic heterocycles. The van der Waals surface area contributed by atoms with Gasteiger partial charge in [-0.1, -0.05) is 42.5 Å². The van der Waals surface area contributed by atoms with E-state index >= 15 is 0 Å². The maximum absolute atomic E-state index is 13.8. The van der Waals surface area contributed by atoms with Crippen LogP contribution in [0.5, 0.6) is 0 Å². The molecule has 3 aromatic rings. The minimum Gasteiger partial charge on any atom is -0.352 e. The molecule has 0 fully saturated rings. The van der Waals surface area contributed by atoms with Gasteiger partial charge in [-0.2, -0.15) is 0 Å². The standard InChI is InChI=1S/C21H21FN4O/c1-3-26(14-16-9-5-4-6-10-16)20-13-19(23-15(2)24-20)21(27)25-18-12-8-7-11-17(18)22/h4-13H,3,14H2,1-2H3,(H,25,27). The first-order valence-electron chi connectivity index (χ1n) is 8.77. The Morgan fingerprint density at radius 3 is 2.48 bits per heavy atom. The Morgan fingerprint density at radius 1 is 1.07 bits per heavy atom. The molecule has 0 atom stereocenters. The molecule has 0 aliphatic carbocycles. The Kier molecular flexibility index (Phi) is 5.76. The number of amides is 1. The largest absolute Gasteiger partial charge is 0.352 e. The molecule has 0 aliphatic rings. The Balaban J connectivity index is 1.84. The lowest BCUT2D eigenvalue weighted by Gasteiger charge is -2.22. The second-order valence-corrected chi connectivity index (χ2v) is 6.09. The molecular formula is C21H21FN4O. The van der Waals surface area contributed by atoms with Crippen molar-refractivity contribution in [3.63, 3.8) is 0 Å². The second-order valence-electron chi connectivity index (χ2n) is 6.09. The maximum atomic E-state index is 13.8. The first-order chi connectivity index (χ1) is 13.1. The molecule has 0 aliphatic heterocycles. The number of para-hydroxylation sites is 1. The van der Waals surface area contributed by atoms with Crippen molar-refractivity contribution in [2.75, 3.05) is 16.8 Å². The molecule has 27 heavy (non-hydrogen) atoms. The zero-order valence-electron chi connectivity index (χ0n) is 15.3. The van der Waals surface area contributed by atoms with Crippen molar-refractivity contribution in [2.45, 2.75) is 20.4 Å². The predicted octanol–water partition coefficient (Wildman–Crippen LogP) is 4.20. The Bertz CT molecular complexity index is 930. The third-order valence-electron chi connectivity index (χ3n) is 4.10. The van der Waals surface area contributed by atoms with Crippen LogP contribution in [0.2, 0.25) is 0 Å². The summed E-state index contributed by atoms with van der Waals surface area (Å²) in [5.41, 5.74) is 1.47. The number of nitrogens with one attached hydrogen (secondary N) is 1. The average molecular weight is 364 g/mol. The average Bonchev–Trinajstić information content (AvgIpc) is 2.68. The molecule has 1 amide bonds. The monoisotopic (exact) mass is 364 g/mol. The van der Waals surface area contributed by atoms with Crippen molar-refractivity contribution in [1.29, 1.82) is 0 Å². The van der Waals surface area contributed by atoms with Crippen LogP contribution in [0, 0.1) is 12.7 Å². The number of hydrogen-bond donors (Lipinski definition) is 1. The number of rotatable bonds is 6. The molecule has 1 heterocycles. The van der Waals surface area contributed by atoms with Gasteiger partial charge >= 0.3 is 0 Å². The third kappa shape index (κ3) is 4.67. The van der Waals surface area contributed by atoms with Crippen LogP contribution in [-0.2, 0) is 6.54 Å². The molecule has 2 aromatic carbocycles. The van der Waals surface area contributed by atoms with Crippen LogP contribution in [0.1, 0.15) is 28.8 Å². The normalized spacial score (nSPS) is 10.5. The van der Waals surface area contributed by atoms with Gasteiger partial charge in [0.25, 0.3) is 5.91 Å². The summed E-state index contributed by atoms with van der Waals surface area (Å²) in [6.07, 6.45) is 0. The highest BCUT2D eigenvalue weighted by Gasteiger charge is 2.15. The van der Waals surface area contributed by atoms with Gasteiger partial charge in [0.1, 0.15) is 23.2 Å². The smallest absolute Gasteiger partial charge is 0.274 e. The van der Waals surface area contributed by atoms with Crippen LogP contribution in [0.25, 0.3) is 0 Å². The Morgan fingerprint density at radius 2 is 1.78 bits per heavy atom. The van der Waals surface area contributed by atoms with Gasteiger partial charge in [-0.3, -0.25) is 4.79 Å². The fourth-order valence-corrected chi connectivity index (χ4v) is 2.74. The quantitative estimate of drug-likeness (QED) is 0.712. The Hall–Kier alpha value is -3.28. The number of benzene rings is 2. The first kappa shape index (κ1) is 18.5. The van der Waals surface area contributed by atoms with Crippen molar-refractivity contribution in [3.05, 3.63) is 83.6 Å². The van der Waals surface area contributed by atoms with Gasteiger partial charge in [0, 0.05) is 19.2 Å². The number of carbonyl (C=O) groups excluding carboxylic acids is 1. The second kappa shape index (κ2) is 8.40. The zero-order valence-corrected chi connectivity index (χ0v) is 15.3. The van der Waals surface area contributed by atoms with Gasteiger partial charge < -0.3 is 10.2 Å².